The first-order valence-electron chi connectivity index (χ1n) is 9.07. The maximum atomic E-state index is 12.7. The average Bonchev–Trinajstić information content (AvgIpc) is 3.12. The number of aromatic nitrogens is 1. The number of alkyl halides is 3. The monoisotopic (exact) mass is 526 g/mol. The average molecular weight is 526 g/mol. The summed E-state index contributed by atoms with van der Waals surface area (Å²) >= 11 is 0. The number of nitrogens with zero attached hydrogens (tertiary/aromatic N) is 2. The van der Waals surface area contributed by atoms with Crippen LogP contribution in [0.4, 0.5) is 13.2 Å². The van der Waals surface area contributed by atoms with E-state index in [-0.39, 0.29) is 42.3 Å². The third-order valence-corrected chi connectivity index (χ3v) is 3.73. The summed E-state index contributed by atoms with van der Waals surface area (Å²) < 4.78 is 48.8. The molecule has 0 radical (unpaired) electrons. The number of hydrogen-bond donors (Lipinski definition) is 2. The number of ether oxygens (including phenoxy) is 1. The van der Waals surface area contributed by atoms with E-state index in [9.17, 15) is 13.2 Å². The van der Waals surface area contributed by atoms with Crippen LogP contribution < -0.4 is 15.4 Å². The first kappa shape index (κ1) is 25.1. The van der Waals surface area contributed by atoms with Crippen molar-refractivity contribution in [3.8, 4) is 5.75 Å². The van der Waals surface area contributed by atoms with Crippen LogP contribution in [-0.4, -0.2) is 30.8 Å². The lowest BCUT2D eigenvalue weighted by atomic mass is 10.1. The normalized spacial score (nSPS) is 11.9. The molecule has 1 aromatic heterocycles. The predicted octanol–water partition coefficient (Wildman–Crippen LogP) is 4.57. The Kier molecular flexibility index (Phi) is 10.3. The lowest BCUT2D eigenvalue weighted by Gasteiger charge is -2.13. The van der Waals surface area contributed by atoms with Crippen molar-refractivity contribution >= 4 is 29.9 Å². The molecule has 0 atom stereocenters. The minimum atomic E-state index is -4.39. The lowest BCUT2D eigenvalue weighted by molar-refractivity contribution is -0.137. The van der Waals surface area contributed by atoms with Crippen molar-refractivity contribution in [2.45, 2.75) is 39.4 Å². The number of guanidine groups is 1. The van der Waals surface area contributed by atoms with Crippen LogP contribution >= 0.6 is 24.0 Å². The second kappa shape index (κ2) is 11.9. The minimum Gasteiger partial charge on any atom is -0.492 e. The summed E-state index contributed by atoms with van der Waals surface area (Å²) in [5, 5.41) is 10.1. The van der Waals surface area contributed by atoms with Crippen LogP contribution in [0.5, 0.6) is 5.75 Å². The highest BCUT2D eigenvalue weighted by Gasteiger charge is 2.30. The first-order valence-corrected chi connectivity index (χ1v) is 9.07. The summed E-state index contributed by atoms with van der Waals surface area (Å²) in [7, 11) is 0. The second-order valence-electron chi connectivity index (χ2n) is 6.37. The molecular weight excluding hydrogens is 500 g/mol. The molecule has 1 heterocycles. The molecule has 2 rings (SSSR count). The fourth-order valence-electron chi connectivity index (χ4n) is 2.27. The van der Waals surface area contributed by atoms with Crippen LogP contribution in [-0.2, 0) is 12.7 Å². The number of aliphatic imine (C=N–C) groups is 1. The smallest absolute Gasteiger partial charge is 0.416 e. The molecule has 0 saturated carbocycles. The minimum absolute atomic E-state index is 0. The highest BCUT2D eigenvalue weighted by molar-refractivity contribution is 14.0. The fourth-order valence-corrected chi connectivity index (χ4v) is 2.27. The van der Waals surface area contributed by atoms with Gasteiger partial charge in [-0.1, -0.05) is 25.1 Å². The Balaban J connectivity index is 0.00000420. The molecule has 1 aromatic carbocycles. The number of halogens is 4. The third kappa shape index (κ3) is 8.50. The SMILES string of the molecule is CCNC(=NCc1cc(C(C)C)no1)NCCOc1cccc(C(F)(F)F)c1.I. The molecular formula is C19H26F3IN4O2. The Hall–Kier alpha value is -1.98. The van der Waals surface area contributed by atoms with Crippen LogP contribution in [0, 0.1) is 0 Å². The first-order chi connectivity index (χ1) is 13.3. The molecule has 0 spiro atoms. The van der Waals surface area contributed by atoms with Crippen molar-refractivity contribution in [2.24, 2.45) is 4.99 Å². The van der Waals surface area contributed by atoms with Crippen molar-refractivity contribution in [1.82, 2.24) is 15.8 Å². The Morgan fingerprint density at radius 3 is 2.62 bits per heavy atom. The van der Waals surface area contributed by atoms with Gasteiger partial charge in [0.05, 0.1) is 17.8 Å². The summed E-state index contributed by atoms with van der Waals surface area (Å²) in [6.07, 6.45) is -4.39. The summed E-state index contributed by atoms with van der Waals surface area (Å²) in [4.78, 5) is 4.40. The van der Waals surface area contributed by atoms with E-state index in [0.717, 1.165) is 17.8 Å². The van der Waals surface area contributed by atoms with Gasteiger partial charge >= 0.3 is 6.18 Å². The molecule has 0 fully saturated rings. The van der Waals surface area contributed by atoms with Gasteiger partial charge in [-0.15, -0.1) is 24.0 Å². The maximum Gasteiger partial charge on any atom is 0.416 e. The molecule has 0 aliphatic heterocycles. The molecule has 0 saturated heterocycles. The van der Waals surface area contributed by atoms with Crippen LogP contribution in [0.3, 0.4) is 0 Å². The Bertz CT molecular complexity index is 779. The van der Waals surface area contributed by atoms with Crippen molar-refractivity contribution < 1.29 is 22.4 Å². The van der Waals surface area contributed by atoms with Gasteiger partial charge in [0, 0.05) is 12.6 Å². The molecule has 0 aliphatic rings. The van der Waals surface area contributed by atoms with Crippen LogP contribution in [0.25, 0.3) is 0 Å². The van der Waals surface area contributed by atoms with E-state index in [0.29, 0.717) is 31.4 Å². The fraction of sp³-hybridized carbons (Fsp3) is 0.474. The van der Waals surface area contributed by atoms with E-state index in [4.69, 9.17) is 9.26 Å². The standard InChI is InChI=1S/C19H25F3N4O2.HI/c1-4-23-18(25-12-16-11-17(13(2)3)26-28-16)24-8-9-27-15-7-5-6-14(10-15)19(20,21)22;/h5-7,10-11,13H,4,8-9,12H2,1-3H3,(H2,23,24,25);1H. The van der Waals surface area contributed by atoms with Gasteiger partial charge in [0.25, 0.3) is 0 Å². The highest BCUT2D eigenvalue weighted by Crippen LogP contribution is 2.31. The molecule has 0 bridgehead atoms. The van der Waals surface area contributed by atoms with Crippen LogP contribution in [0.15, 0.2) is 39.8 Å². The molecule has 29 heavy (non-hydrogen) atoms. The molecule has 0 unspecified atom stereocenters. The second-order valence-corrected chi connectivity index (χ2v) is 6.37. The summed E-state index contributed by atoms with van der Waals surface area (Å²) in [5.41, 5.74) is 0.137. The molecule has 0 amide bonds. The maximum absolute atomic E-state index is 12.7. The van der Waals surface area contributed by atoms with E-state index >= 15 is 0 Å². The van der Waals surface area contributed by atoms with Crippen LogP contribution in [0.1, 0.15) is 43.7 Å². The molecule has 6 nitrogen and oxygen atoms in total. The van der Waals surface area contributed by atoms with E-state index in [1.165, 1.54) is 12.1 Å². The van der Waals surface area contributed by atoms with Gasteiger partial charge in [-0.25, -0.2) is 4.99 Å². The van der Waals surface area contributed by atoms with Crippen LogP contribution in [0.2, 0.25) is 0 Å². The van der Waals surface area contributed by atoms with Gasteiger partial charge in [-0.05, 0) is 31.0 Å². The van der Waals surface area contributed by atoms with E-state index < -0.39 is 11.7 Å². The number of rotatable bonds is 8. The van der Waals surface area contributed by atoms with Gasteiger partial charge in [0.2, 0.25) is 0 Å². The largest absolute Gasteiger partial charge is 0.492 e. The van der Waals surface area contributed by atoms with E-state index in [2.05, 4.69) is 20.8 Å². The Morgan fingerprint density at radius 2 is 2.00 bits per heavy atom. The van der Waals surface area contributed by atoms with E-state index in [1.54, 1.807) is 0 Å². The van der Waals surface area contributed by atoms with Crippen molar-refractivity contribution in [2.75, 3.05) is 19.7 Å². The Labute approximate surface area is 185 Å². The Morgan fingerprint density at radius 1 is 1.24 bits per heavy atom. The van der Waals surface area contributed by atoms with Crippen molar-refractivity contribution in [3.63, 3.8) is 0 Å². The number of hydrogen-bond acceptors (Lipinski definition) is 4. The molecule has 2 aromatic rings. The summed E-state index contributed by atoms with van der Waals surface area (Å²) in [5.74, 6) is 1.65. The summed E-state index contributed by atoms with van der Waals surface area (Å²) in [6.45, 7) is 7.53. The van der Waals surface area contributed by atoms with Gasteiger partial charge < -0.3 is 19.9 Å². The van der Waals surface area contributed by atoms with Gasteiger partial charge in [0.15, 0.2) is 11.7 Å². The number of benzene rings is 1. The third-order valence-electron chi connectivity index (χ3n) is 3.73. The lowest BCUT2D eigenvalue weighted by Crippen LogP contribution is -2.39. The zero-order valence-corrected chi connectivity index (χ0v) is 18.9. The van der Waals surface area contributed by atoms with Crippen molar-refractivity contribution in [3.05, 3.63) is 47.3 Å². The summed E-state index contributed by atoms with van der Waals surface area (Å²) in [6, 6.07) is 6.67. The molecule has 0 aliphatic carbocycles. The molecule has 2 N–H and O–H groups in total. The molecule has 162 valence electrons. The zero-order chi connectivity index (χ0) is 20.6. The van der Waals surface area contributed by atoms with Gasteiger partial charge in [0.1, 0.15) is 18.9 Å². The quantitative estimate of drug-likeness (QED) is 0.228. The molecule has 10 heteroatoms. The predicted molar refractivity (Wildman–Crippen MR) is 116 cm³/mol. The van der Waals surface area contributed by atoms with E-state index in [1.807, 2.05) is 26.8 Å². The number of nitrogens with one attached hydrogen (secondary N) is 2. The van der Waals surface area contributed by atoms with Crippen molar-refractivity contribution in [1.29, 1.82) is 0 Å². The topological polar surface area (TPSA) is 71.7 Å². The van der Waals surface area contributed by atoms with Gasteiger partial charge in [-0.3, -0.25) is 0 Å². The van der Waals surface area contributed by atoms with Gasteiger partial charge in [-0.2, -0.15) is 13.2 Å². The highest BCUT2D eigenvalue weighted by atomic mass is 127. The zero-order valence-electron chi connectivity index (χ0n) is 16.5.